The van der Waals surface area contributed by atoms with Crippen molar-refractivity contribution in [2.24, 2.45) is 0 Å². The summed E-state index contributed by atoms with van der Waals surface area (Å²) in [6.45, 7) is 14.0. The molecule has 0 radical (unpaired) electrons. The Labute approximate surface area is 410 Å². The topological polar surface area (TPSA) is 140 Å². The van der Waals surface area contributed by atoms with Crippen molar-refractivity contribution < 1.29 is 37.5 Å². The first-order valence-electron chi connectivity index (χ1n) is 22.9. The van der Waals surface area contributed by atoms with Gasteiger partial charge in [-0.2, -0.15) is 4.98 Å². The third-order valence-electron chi connectivity index (χ3n) is 12.6. The lowest BCUT2D eigenvalue weighted by Gasteiger charge is -2.41. The number of ether oxygens (including phenoxy) is 4. The lowest BCUT2D eigenvalue weighted by molar-refractivity contribution is -0.114. The highest BCUT2D eigenvalue weighted by Gasteiger charge is 2.54. The van der Waals surface area contributed by atoms with Crippen LogP contribution in [0.15, 0.2) is 126 Å². The van der Waals surface area contributed by atoms with Gasteiger partial charge in [0.25, 0.3) is 0 Å². The highest BCUT2D eigenvalue weighted by molar-refractivity contribution is 8.53. The van der Waals surface area contributed by atoms with Crippen LogP contribution < -0.4 is 20.5 Å². The van der Waals surface area contributed by atoms with E-state index >= 15 is 0 Å². The summed E-state index contributed by atoms with van der Waals surface area (Å²) < 4.78 is 44.6. The number of carbonyl (C=O) groups is 2. The van der Waals surface area contributed by atoms with Gasteiger partial charge in [0.05, 0.1) is 20.8 Å². The van der Waals surface area contributed by atoms with Gasteiger partial charge in [-0.3, -0.25) is 18.8 Å². The van der Waals surface area contributed by atoms with Crippen LogP contribution in [0, 0.1) is 0 Å². The number of hydrogen-bond acceptors (Lipinski definition) is 13. The number of nitrogens with one attached hydrogen (secondary N) is 1. The summed E-state index contributed by atoms with van der Waals surface area (Å²) in [6.07, 6.45) is 0.375. The van der Waals surface area contributed by atoms with Crippen molar-refractivity contribution >= 4 is 55.8 Å². The minimum atomic E-state index is -2.63. The van der Waals surface area contributed by atoms with Crippen molar-refractivity contribution in [3.05, 3.63) is 154 Å². The average Bonchev–Trinajstić information content (AvgIpc) is 3.99. The molecule has 1 unspecified atom stereocenters. The third kappa shape index (κ3) is 12.1. The number of methoxy groups -OCH3 is 2. The molecule has 2 aliphatic heterocycles. The molecule has 68 heavy (non-hydrogen) atoms. The molecule has 2 saturated heterocycles. The summed E-state index contributed by atoms with van der Waals surface area (Å²) >= 11 is 3.02. The number of thioether (sulfide) groups is 1. The molecule has 0 bridgehead atoms. The highest BCUT2D eigenvalue weighted by atomic mass is 32.7. The molecule has 2 aliphatic rings. The van der Waals surface area contributed by atoms with Gasteiger partial charge in [0.2, 0.25) is 11.0 Å². The van der Waals surface area contributed by atoms with E-state index in [4.69, 9.17) is 27.9 Å². The summed E-state index contributed by atoms with van der Waals surface area (Å²) in [5, 5.41) is 2.44. The van der Waals surface area contributed by atoms with Crippen LogP contribution in [0.4, 0.5) is 5.82 Å². The van der Waals surface area contributed by atoms with Crippen molar-refractivity contribution in [1.29, 1.82) is 0 Å². The number of anilines is 1. The fourth-order valence-corrected chi connectivity index (χ4v) is 14.6. The number of aromatic nitrogens is 2. The number of rotatable bonds is 20. The summed E-state index contributed by atoms with van der Waals surface area (Å²) in [7, 11) is -0.676. The first kappa shape index (κ1) is 51.5. The van der Waals surface area contributed by atoms with E-state index in [1.807, 2.05) is 97.1 Å². The predicted octanol–water partition coefficient (Wildman–Crippen LogP) is 10.5. The molecular formula is C51H63N4O9PS2Si. The Morgan fingerprint density at radius 2 is 1.38 bits per heavy atom. The minimum Gasteiger partial charge on any atom is -0.497 e. The summed E-state index contributed by atoms with van der Waals surface area (Å²) in [6, 6.07) is 36.7. The van der Waals surface area contributed by atoms with Gasteiger partial charge in [-0.1, -0.05) is 129 Å². The molecule has 0 spiro atoms. The van der Waals surface area contributed by atoms with Crippen LogP contribution >= 0.6 is 30.6 Å². The number of hydrogen-bond donors (Lipinski definition) is 1. The SMILES string of the molecule is COc1ccc(C(OC[C@H]2O[C@@H](n3ccc(NC(C)=O)nc3=O)[C@H](O[Si](C)(C)C(C)(C)C)[C@@H]2OP(SCCSC(=O)c2ccccc2)N2CCCC2)(c2ccccc2)c2ccc(OC)cc2)cc1. The molecule has 0 aliphatic carbocycles. The van der Waals surface area contributed by atoms with Crippen molar-refractivity contribution in [2.75, 3.05) is 50.7 Å². The lowest BCUT2D eigenvalue weighted by atomic mass is 9.80. The van der Waals surface area contributed by atoms with E-state index in [-0.39, 0.29) is 28.5 Å². The van der Waals surface area contributed by atoms with E-state index < -0.39 is 51.6 Å². The molecule has 5 aromatic rings. The molecule has 3 heterocycles. The Hall–Kier alpha value is -4.35. The van der Waals surface area contributed by atoms with E-state index in [1.54, 1.807) is 37.9 Å². The van der Waals surface area contributed by atoms with Gasteiger partial charge in [0.15, 0.2) is 22.0 Å². The van der Waals surface area contributed by atoms with E-state index in [1.165, 1.54) is 23.3 Å². The molecule has 1 aromatic heterocycles. The monoisotopic (exact) mass is 998 g/mol. The Morgan fingerprint density at radius 1 is 0.809 bits per heavy atom. The largest absolute Gasteiger partial charge is 0.497 e. The summed E-state index contributed by atoms with van der Waals surface area (Å²) in [5.41, 5.74) is 1.45. The first-order chi connectivity index (χ1) is 32.6. The maximum absolute atomic E-state index is 14.1. The second-order valence-corrected chi connectivity index (χ2v) is 27.7. The van der Waals surface area contributed by atoms with Crippen molar-refractivity contribution in [3.63, 3.8) is 0 Å². The van der Waals surface area contributed by atoms with Crippen LogP contribution in [0.5, 0.6) is 11.5 Å². The molecule has 17 heteroatoms. The standard InChI is InChI=1S/C51H63N4O9PS2Si/c1-36(56)52-44-29-32-55(49(58)53-44)47-46(64-68(7,8)50(2,3)4)45(63-65(54-30-15-16-31-54)67-34-33-66-48(57)37-17-11-9-12-18-37)43(62-47)35-61-51(38-19-13-10-14-20-38,39-21-25-41(59-5)26-22-39)40-23-27-42(60-6)28-24-40/h9-14,17-29,32,43,45-47H,15-16,30-31,33-35H2,1-8H3,(H,52,53,56,58)/t43-,45-,46-,47-,65?/m1/s1. The molecule has 362 valence electrons. The van der Waals surface area contributed by atoms with Gasteiger partial charge >= 0.3 is 5.69 Å². The highest BCUT2D eigenvalue weighted by Crippen LogP contribution is 2.59. The fourth-order valence-electron chi connectivity index (χ4n) is 8.03. The van der Waals surface area contributed by atoms with Gasteiger partial charge in [0, 0.05) is 43.3 Å². The van der Waals surface area contributed by atoms with Gasteiger partial charge in [-0.05, 0) is 78.0 Å². The van der Waals surface area contributed by atoms with Crippen molar-refractivity contribution in [2.45, 2.75) is 88.8 Å². The second-order valence-electron chi connectivity index (χ2n) is 18.2. The van der Waals surface area contributed by atoms with E-state index in [9.17, 15) is 14.4 Å². The molecule has 0 saturated carbocycles. The zero-order valence-corrected chi connectivity index (χ0v) is 43.6. The van der Waals surface area contributed by atoms with Crippen LogP contribution in [-0.2, 0) is 28.8 Å². The minimum absolute atomic E-state index is 0.00685. The molecule has 7 rings (SSSR count). The normalized spacial score (nSPS) is 19.4. The molecular weight excluding hydrogens is 936 g/mol. The summed E-state index contributed by atoms with van der Waals surface area (Å²) in [5.74, 6) is 2.45. The molecule has 4 aromatic carbocycles. The van der Waals surface area contributed by atoms with Crippen LogP contribution in [0.3, 0.4) is 0 Å². The molecule has 13 nitrogen and oxygen atoms in total. The second kappa shape index (κ2) is 23.0. The average molecular weight is 999 g/mol. The molecule has 2 fully saturated rings. The van der Waals surface area contributed by atoms with Gasteiger partial charge < -0.3 is 33.2 Å². The van der Waals surface area contributed by atoms with Crippen LogP contribution in [0.25, 0.3) is 0 Å². The number of benzene rings is 4. The maximum Gasteiger partial charge on any atom is 0.351 e. The third-order valence-corrected chi connectivity index (χ3v) is 22.3. The zero-order chi connectivity index (χ0) is 48.5. The molecule has 1 amide bonds. The Bertz CT molecular complexity index is 2450. The molecule has 1 N–H and O–H groups in total. The number of nitrogens with zero attached hydrogens (tertiary/aromatic N) is 3. The Balaban J connectivity index is 1.32. The van der Waals surface area contributed by atoms with E-state index in [0.717, 1.165) is 42.6 Å². The number of amides is 1. The van der Waals surface area contributed by atoms with Crippen LogP contribution in [0.2, 0.25) is 18.1 Å². The quantitative estimate of drug-likeness (QED) is 0.0343. The van der Waals surface area contributed by atoms with Crippen molar-refractivity contribution in [1.82, 2.24) is 14.2 Å². The van der Waals surface area contributed by atoms with Crippen molar-refractivity contribution in [3.8, 4) is 11.5 Å². The maximum atomic E-state index is 14.1. The van der Waals surface area contributed by atoms with Gasteiger partial charge in [0.1, 0.15) is 41.2 Å². The van der Waals surface area contributed by atoms with E-state index in [0.29, 0.717) is 28.6 Å². The first-order valence-corrected chi connectivity index (χ1v) is 29.6. The zero-order valence-electron chi connectivity index (χ0n) is 40.1. The molecule has 5 atom stereocenters. The Morgan fingerprint density at radius 3 is 1.93 bits per heavy atom. The van der Waals surface area contributed by atoms with Gasteiger partial charge in [-0.25, -0.2) is 4.79 Å². The van der Waals surface area contributed by atoms with E-state index in [2.05, 4.69) is 61.0 Å². The lowest BCUT2D eigenvalue weighted by Crippen LogP contribution is -2.50. The summed E-state index contributed by atoms with van der Waals surface area (Å²) in [4.78, 5) is 43.5. The van der Waals surface area contributed by atoms with Crippen LogP contribution in [0.1, 0.15) is 73.8 Å². The van der Waals surface area contributed by atoms with Gasteiger partial charge in [-0.15, -0.1) is 0 Å². The fraction of sp³-hybridized carbons (Fsp3) is 0.412. The predicted molar refractivity (Wildman–Crippen MR) is 275 cm³/mol. The number of carbonyl (C=O) groups excluding carboxylic acids is 2. The van der Waals surface area contributed by atoms with Crippen LogP contribution in [-0.4, -0.2) is 97.3 Å². The Kier molecular flexibility index (Phi) is 17.5. The smallest absolute Gasteiger partial charge is 0.351 e.